The lowest BCUT2D eigenvalue weighted by molar-refractivity contribution is 0.101. The Hall–Kier alpha value is -1.83. The summed E-state index contributed by atoms with van der Waals surface area (Å²) in [5.74, 6) is -0.652. The Morgan fingerprint density at radius 3 is 2.55 bits per heavy atom. The van der Waals surface area contributed by atoms with Gasteiger partial charge in [0.1, 0.15) is 4.88 Å². The molecule has 0 fully saturated rings. The Morgan fingerprint density at radius 1 is 1.27 bits per heavy atom. The van der Waals surface area contributed by atoms with Gasteiger partial charge in [-0.15, -0.1) is 11.3 Å². The molecule has 1 aromatic carbocycles. The second kappa shape index (κ2) is 6.51. The highest BCUT2D eigenvalue weighted by molar-refractivity contribution is 7.79. The molecule has 5 nitrogen and oxygen atoms in total. The molecular weight excluding hydrogens is 322 g/mol. The second-order valence-electron chi connectivity index (χ2n) is 4.88. The maximum absolute atomic E-state index is 12.4. The fourth-order valence-corrected chi connectivity index (χ4v) is 3.74. The summed E-state index contributed by atoms with van der Waals surface area (Å²) >= 11 is -1.15. The van der Waals surface area contributed by atoms with E-state index in [2.05, 4.69) is 5.32 Å². The van der Waals surface area contributed by atoms with E-state index >= 15 is 0 Å². The number of ketones is 1. The molecular formula is C15H15NO4S2. The minimum Gasteiger partial charge on any atom is -0.320 e. The van der Waals surface area contributed by atoms with Gasteiger partial charge in [-0.25, -0.2) is 4.21 Å². The lowest BCUT2D eigenvalue weighted by Gasteiger charge is -2.13. The first-order valence-electron chi connectivity index (χ1n) is 6.43. The number of Topliss-reactive ketones (excluding diaryl/α,β-unsaturated/α-hetero) is 1. The Labute approximate surface area is 134 Å². The molecule has 1 unspecified atom stereocenters. The SMILES string of the molecule is CC(=O)c1cc(C)cc(C)c1NC(=O)c1sccc1S(=O)O. The summed E-state index contributed by atoms with van der Waals surface area (Å²) in [5, 5.41) is 4.27. The maximum atomic E-state index is 12.4. The molecule has 0 saturated heterocycles. The van der Waals surface area contributed by atoms with Crippen LogP contribution in [-0.4, -0.2) is 20.5 Å². The summed E-state index contributed by atoms with van der Waals surface area (Å²) in [5.41, 5.74) is 2.55. The average Bonchev–Trinajstić information content (AvgIpc) is 2.90. The van der Waals surface area contributed by atoms with Gasteiger partial charge >= 0.3 is 0 Å². The predicted octanol–water partition coefficient (Wildman–Crippen LogP) is 3.40. The van der Waals surface area contributed by atoms with E-state index in [-0.39, 0.29) is 15.6 Å². The number of hydrogen-bond acceptors (Lipinski definition) is 4. The highest BCUT2D eigenvalue weighted by Gasteiger charge is 2.20. The van der Waals surface area contributed by atoms with Crippen LogP contribution in [0.5, 0.6) is 0 Å². The largest absolute Gasteiger partial charge is 0.320 e. The summed E-state index contributed by atoms with van der Waals surface area (Å²) < 4.78 is 20.4. The van der Waals surface area contributed by atoms with Crippen LogP contribution in [0.3, 0.4) is 0 Å². The van der Waals surface area contributed by atoms with Crippen LogP contribution in [0.4, 0.5) is 5.69 Å². The quantitative estimate of drug-likeness (QED) is 0.661. The molecule has 0 radical (unpaired) electrons. The first kappa shape index (κ1) is 16.5. The van der Waals surface area contributed by atoms with Gasteiger partial charge in [-0.05, 0) is 49.4 Å². The Morgan fingerprint density at radius 2 is 1.95 bits per heavy atom. The van der Waals surface area contributed by atoms with Crippen molar-refractivity contribution < 1.29 is 18.4 Å². The number of anilines is 1. The number of hydrogen-bond donors (Lipinski definition) is 2. The molecule has 1 aromatic heterocycles. The highest BCUT2D eigenvalue weighted by Crippen LogP contribution is 2.26. The molecule has 0 aliphatic heterocycles. The number of thiophene rings is 1. The van der Waals surface area contributed by atoms with Crippen molar-refractivity contribution in [2.24, 2.45) is 0 Å². The standard InChI is InChI=1S/C15H15NO4S2/c1-8-6-9(2)13(11(7-8)10(3)17)16-15(18)14-12(22(19)20)4-5-21-14/h4-7H,1-3H3,(H,16,18)(H,19,20). The van der Waals surface area contributed by atoms with Crippen molar-refractivity contribution in [3.8, 4) is 0 Å². The van der Waals surface area contributed by atoms with Crippen LogP contribution in [0.25, 0.3) is 0 Å². The van der Waals surface area contributed by atoms with Gasteiger partial charge in [0.05, 0.1) is 10.6 Å². The maximum Gasteiger partial charge on any atom is 0.267 e. The van der Waals surface area contributed by atoms with Crippen LogP contribution in [0.15, 0.2) is 28.5 Å². The number of aryl methyl sites for hydroxylation is 2. The molecule has 0 aliphatic rings. The van der Waals surface area contributed by atoms with Crippen molar-refractivity contribution in [1.29, 1.82) is 0 Å². The van der Waals surface area contributed by atoms with Crippen molar-refractivity contribution in [2.75, 3.05) is 5.32 Å². The fourth-order valence-electron chi connectivity index (χ4n) is 2.18. The van der Waals surface area contributed by atoms with Gasteiger partial charge in [0, 0.05) is 5.56 Å². The molecule has 0 saturated carbocycles. The van der Waals surface area contributed by atoms with Crippen molar-refractivity contribution >= 4 is 39.8 Å². The number of carbonyl (C=O) groups is 2. The van der Waals surface area contributed by atoms with Crippen molar-refractivity contribution in [2.45, 2.75) is 25.7 Å². The zero-order valence-corrected chi connectivity index (χ0v) is 13.9. The molecule has 116 valence electrons. The average molecular weight is 337 g/mol. The Balaban J connectivity index is 2.43. The van der Waals surface area contributed by atoms with Crippen LogP contribution < -0.4 is 5.32 Å². The van der Waals surface area contributed by atoms with Gasteiger partial charge < -0.3 is 9.87 Å². The first-order chi connectivity index (χ1) is 10.3. The van der Waals surface area contributed by atoms with Gasteiger partial charge in [0.25, 0.3) is 5.91 Å². The molecule has 2 aromatic rings. The summed E-state index contributed by atoms with van der Waals surface area (Å²) in [4.78, 5) is 24.4. The molecule has 1 heterocycles. The topological polar surface area (TPSA) is 83.5 Å². The van der Waals surface area contributed by atoms with Gasteiger partial charge in [-0.3, -0.25) is 9.59 Å². The van der Waals surface area contributed by atoms with E-state index in [9.17, 15) is 18.4 Å². The Kier molecular flexibility index (Phi) is 4.90. The van der Waals surface area contributed by atoms with E-state index in [1.54, 1.807) is 18.4 Å². The minimum atomic E-state index is -2.23. The highest BCUT2D eigenvalue weighted by atomic mass is 32.2. The van der Waals surface area contributed by atoms with Crippen LogP contribution >= 0.6 is 11.3 Å². The number of nitrogens with one attached hydrogen (secondary N) is 1. The van der Waals surface area contributed by atoms with E-state index in [4.69, 9.17) is 0 Å². The zero-order valence-electron chi connectivity index (χ0n) is 12.3. The van der Waals surface area contributed by atoms with Gasteiger partial charge in [0.15, 0.2) is 16.9 Å². The number of carbonyl (C=O) groups excluding carboxylic acids is 2. The first-order valence-corrected chi connectivity index (χ1v) is 8.41. The minimum absolute atomic E-state index is 0.0663. The van der Waals surface area contributed by atoms with Gasteiger partial charge in [0.2, 0.25) is 0 Å². The third kappa shape index (κ3) is 3.32. The lowest BCUT2D eigenvalue weighted by atomic mass is 10.0. The van der Waals surface area contributed by atoms with Crippen LogP contribution in [0.2, 0.25) is 0 Å². The number of amides is 1. The molecule has 2 rings (SSSR count). The van der Waals surface area contributed by atoms with Crippen LogP contribution in [0.1, 0.15) is 38.1 Å². The summed E-state index contributed by atoms with van der Waals surface area (Å²) in [6, 6.07) is 5.01. The van der Waals surface area contributed by atoms with E-state index in [1.165, 1.54) is 13.0 Å². The summed E-state index contributed by atoms with van der Waals surface area (Å²) in [6.07, 6.45) is 0. The van der Waals surface area contributed by atoms with E-state index in [0.717, 1.165) is 22.5 Å². The fraction of sp³-hybridized carbons (Fsp3) is 0.200. The zero-order chi connectivity index (χ0) is 16.4. The molecule has 1 atom stereocenters. The third-order valence-electron chi connectivity index (χ3n) is 3.12. The van der Waals surface area contributed by atoms with E-state index in [1.807, 2.05) is 13.0 Å². The predicted molar refractivity (Wildman–Crippen MR) is 87.2 cm³/mol. The second-order valence-corrected chi connectivity index (χ2v) is 6.73. The Bertz CT molecular complexity index is 780. The van der Waals surface area contributed by atoms with Crippen molar-refractivity contribution in [3.05, 3.63) is 45.1 Å². The monoisotopic (exact) mass is 337 g/mol. The normalized spacial score (nSPS) is 12.0. The molecule has 0 bridgehead atoms. The molecule has 22 heavy (non-hydrogen) atoms. The molecule has 1 amide bonds. The van der Waals surface area contributed by atoms with Crippen LogP contribution in [0, 0.1) is 13.8 Å². The smallest absolute Gasteiger partial charge is 0.267 e. The summed E-state index contributed by atoms with van der Waals surface area (Å²) in [6.45, 7) is 5.11. The van der Waals surface area contributed by atoms with E-state index in [0.29, 0.717) is 11.3 Å². The molecule has 0 aliphatic carbocycles. The lowest BCUT2D eigenvalue weighted by Crippen LogP contribution is -2.16. The molecule has 0 spiro atoms. The molecule has 2 N–H and O–H groups in total. The number of benzene rings is 1. The van der Waals surface area contributed by atoms with Crippen molar-refractivity contribution in [3.63, 3.8) is 0 Å². The molecule has 7 heteroatoms. The van der Waals surface area contributed by atoms with Gasteiger partial charge in [-0.2, -0.15) is 0 Å². The van der Waals surface area contributed by atoms with Crippen LogP contribution in [-0.2, 0) is 11.1 Å². The van der Waals surface area contributed by atoms with E-state index < -0.39 is 17.0 Å². The summed E-state index contributed by atoms with van der Waals surface area (Å²) in [7, 11) is 0. The van der Waals surface area contributed by atoms with Gasteiger partial charge in [-0.1, -0.05) is 6.07 Å². The number of rotatable bonds is 4. The van der Waals surface area contributed by atoms with Crippen molar-refractivity contribution in [1.82, 2.24) is 0 Å². The third-order valence-corrected chi connectivity index (χ3v) is 4.88.